The smallest absolute Gasteiger partial charge is 0.179 e. The standard InChI is InChI=1S/C16H13NO/c18-16-7-4-12-17-14(10-11-15(16)17)9-8-13-5-2-1-3-6-13/h1-3,5-6,10-11H,4,7,12H2. The van der Waals surface area contributed by atoms with Gasteiger partial charge in [0.15, 0.2) is 5.78 Å². The van der Waals surface area contributed by atoms with Crippen LogP contribution in [0.15, 0.2) is 42.5 Å². The van der Waals surface area contributed by atoms with Gasteiger partial charge in [-0.05, 0) is 36.6 Å². The van der Waals surface area contributed by atoms with Crippen molar-refractivity contribution in [1.29, 1.82) is 0 Å². The summed E-state index contributed by atoms with van der Waals surface area (Å²) in [5, 5.41) is 0. The van der Waals surface area contributed by atoms with Gasteiger partial charge >= 0.3 is 0 Å². The lowest BCUT2D eigenvalue weighted by atomic mass is 10.1. The number of aromatic nitrogens is 1. The number of fused-ring (bicyclic) bond motifs is 1. The summed E-state index contributed by atoms with van der Waals surface area (Å²) in [5.74, 6) is 6.51. The quantitative estimate of drug-likeness (QED) is 0.643. The first-order chi connectivity index (χ1) is 8.84. The lowest BCUT2D eigenvalue weighted by Crippen LogP contribution is -2.17. The van der Waals surface area contributed by atoms with Gasteiger partial charge in [-0.25, -0.2) is 0 Å². The van der Waals surface area contributed by atoms with Gasteiger partial charge in [0, 0.05) is 18.5 Å². The molecule has 2 nitrogen and oxygen atoms in total. The lowest BCUT2D eigenvalue weighted by molar-refractivity contribution is 0.0955. The normalized spacial score (nSPS) is 13.7. The first-order valence-corrected chi connectivity index (χ1v) is 6.14. The average molecular weight is 235 g/mol. The minimum atomic E-state index is 0.231. The summed E-state index contributed by atoms with van der Waals surface area (Å²) >= 11 is 0. The van der Waals surface area contributed by atoms with Crippen LogP contribution in [0, 0.1) is 11.8 Å². The SMILES string of the molecule is O=C1CCCn2c(C#Cc3ccccc3)ccc21. The number of hydrogen-bond acceptors (Lipinski definition) is 1. The van der Waals surface area contributed by atoms with E-state index in [0.29, 0.717) is 6.42 Å². The third-order valence-corrected chi connectivity index (χ3v) is 3.16. The monoisotopic (exact) mass is 235 g/mol. The maximum Gasteiger partial charge on any atom is 0.179 e. The second kappa shape index (κ2) is 4.54. The van der Waals surface area contributed by atoms with Gasteiger partial charge in [0.25, 0.3) is 0 Å². The van der Waals surface area contributed by atoms with Crippen LogP contribution in [0.1, 0.15) is 34.6 Å². The molecule has 0 radical (unpaired) electrons. The van der Waals surface area contributed by atoms with Crippen molar-refractivity contribution in [2.75, 3.05) is 0 Å². The minimum absolute atomic E-state index is 0.231. The van der Waals surface area contributed by atoms with Crippen LogP contribution in [0.3, 0.4) is 0 Å². The molecule has 2 heterocycles. The summed E-state index contributed by atoms with van der Waals surface area (Å²) in [6.07, 6.45) is 1.58. The van der Waals surface area contributed by atoms with Crippen molar-refractivity contribution in [3.8, 4) is 11.8 Å². The number of nitrogens with zero attached hydrogens (tertiary/aromatic N) is 1. The summed E-state index contributed by atoms with van der Waals surface area (Å²) in [6.45, 7) is 0.896. The molecule has 88 valence electrons. The van der Waals surface area contributed by atoms with E-state index in [1.165, 1.54) is 0 Å². The van der Waals surface area contributed by atoms with Gasteiger partial charge in [0.05, 0.1) is 11.4 Å². The minimum Gasteiger partial charge on any atom is -0.332 e. The fourth-order valence-electron chi connectivity index (χ4n) is 2.24. The van der Waals surface area contributed by atoms with Crippen molar-refractivity contribution in [3.05, 3.63) is 59.4 Å². The van der Waals surface area contributed by atoms with Crippen LogP contribution in [0.25, 0.3) is 0 Å². The highest BCUT2D eigenvalue weighted by molar-refractivity contribution is 5.95. The predicted molar refractivity (Wildman–Crippen MR) is 70.4 cm³/mol. The molecule has 0 N–H and O–H groups in total. The Hall–Kier alpha value is -2.27. The zero-order chi connectivity index (χ0) is 12.4. The molecule has 3 rings (SSSR count). The van der Waals surface area contributed by atoms with Crippen LogP contribution in [0.5, 0.6) is 0 Å². The number of rotatable bonds is 0. The molecule has 0 spiro atoms. The maximum absolute atomic E-state index is 11.7. The Morgan fingerprint density at radius 1 is 1.00 bits per heavy atom. The molecule has 2 heteroatoms. The third-order valence-electron chi connectivity index (χ3n) is 3.16. The summed E-state index contributed by atoms with van der Waals surface area (Å²) in [7, 11) is 0. The fraction of sp³-hybridized carbons (Fsp3) is 0.188. The van der Waals surface area contributed by atoms with E-state index in [0.717, 1.165) is 29.9 Å². The van der Waals surface area contributed by atoms with E-state index >= 15 is 0 Å². The zero-order valence-corrected chi connectivity index (χ0v) is 10.0. The Bertz CT molecular complexity index is 641. The van der Waals surface area contributed by atoms with Crippen LogP contribution in [0.4, 0.5) is 0 Å². The number of Topliss-reactive ketones (excluding diaryl/α,β-unsaturated/α-hetero) is 1. The summed E-state index contributed by atoms with van der Waals surface area (Å²) in [6, 6.07) is 13.7. The molecular formula is C16H13NO. The fourth-order valence-corrected chi connectivity index (χ4v) is 2.24. The lowest BCUT2D eigenvalue weighted by Gasteiger charge is -2.14. The highest BCUT2D eigenvalue weighted by atomic mass is 16.1. The molecule has 0 saturated carbocycles. The first-order valence-electron chi connectivity index (χ1n) is 6.14. The van der Waals surface area contributed by atoms with Gasteiger partial charge in [-0.1, -0.05) is 24.1 Å². The molecule has 0 amide bonds. The predicted octanol–water partition coefficient (Wildman–Crippen LogP) is 2.86. The molecule has 0 fully saturated rings. The molecule has 1 aromatic carbocycles. The van der Waals surface area contributed by atoms with Crippen LogP contribution >= 0.6 is 0 Å². The Morgan fingerprint density at radius 3 is 2.67 bits per heavy atom. The molecule has 0 unspecified atom stereocenters. The summed E-state index contributed by atoms with van der Waals surface area (Å²) in [4.78, 5) is 11.7. The van der Waals surface area contributed by atoms with E-state index in [9.17, 15) is 4.79 Å². The number of ketones is 1. The molecule has 0 atom stereocenters. The number of carbonyl (C=O) groups is 1. The molecular weight excluding hydrogens is 222 g/mol. The average Bonchev–Trinajstić information content (AvgIpc) is 2.82. The van der Waals surface area contributed by atoms with E-state index < -0.39 is 0 Å². The number of benzene rings is 1. The first kappa shape index (κ1) is 10.9. The van der Waals surface area contributed by atoms with Crippen molar-refractivity contribution >= 4 is 5.78 Å². The molecule has 0 bridgehead atoms. The van der Waals surface area contributed by atoms with E-state index in [1.807, 2.05) is 47.0 Å². The second-order valence-electron chi connectivity index (χ2n) is 4.40. The summed E-state index contributed by atoms with van der Waals surface area (Å²) in [5.41, 5.74) is 2.73. The Labute approximate surface area is 106 Å². The molecule has 1 aliphatic heterocycles. The van der Waals surface area contributed by atoms with E-state index in [-0.39, 0.29) is 5.78 Å². The molecule has 0 aliphatic carbocycles. The highest BCUT2D eigenvalue weighted by Crippen LogP contribution is 2.18. The van der Waals surface area contributed by atoms with Crippen LogP contribution in [-0.4, -0.2) is 10.4 Å². The topological polar surface area (TPSA) is 22.0 Å². The van der Waals surface area contributed by atoms with Gasteiger partial charge in [0.2, 0.25) is 0 Å². The third kappa shape index (κ3) is 1.96. The Kier molecular flexibility index (Phi) is 2.74. The van der Waals surface area contributed by atoms with Crippen molar-refractivity contribution in [2.45, 2.75) is 19.4 Å². The summed E-state index contributed by atoms with van der Waals surface area (Å²) < 4.78 is 2.03. The van der Waals surface area contributed by atoms with Gasteiger partial charge in [-0.2, -0.15) is 0 Å². The largest absolute Gasteiger partial charge is 0.332 e. The van der Waals surface area contributed by atoms with Crippen molar-refractivity contribution in [3.63, 3.8) is 0 Å². The number of carbonyl (C=O) groups excluding carboxylic acids is 1. The molecule has 1 aliphatic rings. The van der Waals surface area contributed by atoms with E-state index in [4.69, 9.17) is 0 Å². The molecule has 1 aromatic heterocycles. The van der Waals surface area contributed by atoms with E-state index in [1.54, 1.807) is 0 Å². The Morgan fingerprint density at radius 2 is 1.83 bits per heavy atom. The maximum atomic E-state index is 11.7. The Balaban J connectivity index is 1.96. The van der Waals surface area contributed by atoms with Gasteiger partial charge < -0.3 is 4.57 Å². The molecule has 2 aromatic rings. The molecule has 0 saturated heterocycles. The van der Waals surface area contributed by atoms with Gasteiger partial charge in [0.1, 0.15) is 0 Å². The number of hydrogen-bond donors (Lipinski definition) is 0. The van der Waals surface area contributed by atoms with Crippen LogP contribution in [0.2, 0.25) is 0 Å². The second-order valence-corrected chi connectivity index (χ2v) is 4.40. The zero-order valence-electron chi connectivity index (χ0n) is 10.0. The van der Waals surface area contributed by atoms with Crippen LogP contribution in [-0.2, 0) is 6.54 Å². The van der Waals surface area contributed by atoms with Crippen molar-refractivity contribution in [2.24, 2.45) is 0 Å². The van der Waals surface area contributed by atoms with Gasteiger partial charge in [-0.15, -0.1) is 0 Å². The van der Waals surface area contributed by atoms with Crippen molar-refractivity contribution in [1.82, 2.24) is 4.57 Å². The van der Waals surface area contributed by atoms with Gasteiger partial charge in [-0.3, -0.25) is 4.79 Å². The van der Waals surface area contributed by atoms with E-state index in [2.05, 4.69) is 11.8 Å². The highest BCUT2D eigenvalue weighted by Gasteiger charge is 2.18. The molecule has 18 heavy (non-hydrogen) atoms. The van der Waals surface area contributed by atoms with Crippen LogP contribution < -0.4 is 0 Å². The van der Waals surface area contributed by atoms with Crippen molar-refractivity contribution < 1.29 is 4.79 Å².